The van der Waals surface area contributed by atoms with Gasteiger partial charge in [0, 0.05) is 45.9 Å². The van der Waals surface area contributed by atoms with Crippen LogP contribution in [0.2, 0.25) is 0 Å². The number of rotatable bonds is 12. The molecule has 3 rings (SSSR count). The van der Waals surface area contributed by atoms with Gasteiger partial charge in [0.05, 0.1) is 12.2 Å². The van der Waals surface area contributed by atoms with Crippen molar-refractivity contribution in [2.75, 3.05) is 52.5 Å². The first kappa shape index (κ1) is 29.4. The molecule has 2 unspecified atom stereocenters. The summed E-state index contributed by atoms with van der Waals surface area (Å²) >= 11 is 0. The molecular formula is C26H38Cl2N2O3. The molecule has 0 aliphatic carbocycles. The second-order valence-corrected chi connectivity index (χ2v) is 7.97. The highest BCUT2D eigenvalue weighted by molar-refractivity contribution is 5.85. The maximum absolute atomic E-state index is 10.6. The lowest BCUT2D eigenvalue weighted by molar-refractivity contribution is 0.0167. The van der Waals surface area contributed by atoms with Gasteiger partial charge in [-0.15, -0.1) is 24.8 Å². The van der Waals surface area contributed by atoms with Crippen molar-refractivity contribution in [2.45, 2.75) is 25.6 Å². The topological polar surface area (TPSA) is 45.2 Å². The van der Waals surface area contributed by atoms with E-state index < -0.39 is 6.10 Å². The van der Waals surface area contributed by atoms with Crippen LogP contribution in [0.25, 0.3) is 0 Å². The zero-order valence-corrected chi connectivity index (χ0v) is 21.1. The normalized spacial score (nSPS) is 16.2. The van der Waals surface area contributed by atoms with Crippen molar-refractivity contribution in [3.63, 3.8) is 0 Å². The largest absolute Gasteiger partial charge is 0.490 e. The summed E-state index contributed by atoms with van der Waals surface area (Å²) in [5.74, 6) is 0.799. The average Bonchev–Trinajstić information content (AvgIpc) is 2.82. The highest BCUT2D eigenvalue weighted by Gasteiger charge is 2.22. The van der Waals surface area contributed by atoms with Gasteiger partial charge in [0.1, 0.15) is 12.4 Å². The molecule has 0 bridgehead atoms. The minimum absolute atomic E-state index is 0. The summed E-state index contributed by atoms with van der Waals surface area (Å²) in [6.45, 7) is 12.8. The minimum atomic E-state index is -0.452. The van der Waals surface area contributed by atoms with Crippen molar-refractivity contribution in [2.24, 2.45) is 0 Å². The molecule has 0 aromatic heterocycles. The Labute approximate surface area is 211 Å². The Kier molecular flexibility index (Phi) is 14.4. The van der Waals surface area contributed by atoms with E-state index in [1.165, 1.54) is 5.56 Å². The Morgan fingerprint density at radius 2 is 1.58 bits per heavy atom. The van der Waals surface area contributed by atoms with Crippen molar-refractivity contribution >= 4 is 24.8 Å². The fourth-order valence-corrected chi connectivity index (χ4v) is 3.97. The standard InChI is InChI=1S/C26H36N2O3.2ClH/c1-3-20-31-24-12-10-22(11-13-24)25(29)14-15-27-16-18-28(19-17-27)21-26(30-4-2)23-8-6-5-7-9-23;;/h3,5-13,25-26,29H,1,4,14-21H2,2H3;2*1H. The summed E-state index contributed by atoms with van der Waals surface area (Å²) in [6.07, 6.45) is 2.13. The first-order valence-corrected chi connectivity index (χ1v) is 11.3. The van der Waals surface area contributed by atoms with Crippen molar-refractivity contribution in [1.82, 2.24) is 9.80 Å². The molecule has 0 radical (unpaired) electrons. The van der Waals surface area contributed by atoms with Crippen LogP contribution in [0.3, 0.4) is 0 Å². The van der Waals surface area contributed by atoms with Crippen LogP contribution in [0.4, 0.5) is 0 Å². The van der Waals surface area contributed by atoms with E-state index in [4.69, 9.17) is 9.47 Å². The summed E-state index contributed by atoms with van der Waals surface area (Å²) in [4.78, 5) is 4.93. The SMILES string of the molecule is C=CCOc1ccc(C(O)CCN2CCN(CC(OCC)c3ccccc3)CC2)cc1.Cl.Cl. The molecule has 7 heteroatoms. The van der Waals surface area contributed by atoms with Gasteiger partial charge in [-0.3, -0.25) is 4.90 Å². The number of nitrogens with zero attached hydrogens (tertiary/aromatic N) is 2. The number of hydrogen-bond donors (Lipinski definition) is 1. The second kappa shape index (κ2) is 16.1. The Bertz CT molecular complexity index is 769. The number of ether oxygens (including phenoxy) is 2. The molecular weight excluding hydrogens is 459 g/mol. The van der Waals surface area contributed by atoms with Crippen LogP contribution in [0.1, 0.15) is 36.7 Å². The smallest absolute Gasteiger partial charge is 0.119 e. The Hall–Kier alpha value is -1.60. The highest BCUT2D eigenvalue weighted by atomic mass is 35.5. The maximum Gasteiger partial charge on any atom is 0.119 e. The van der Waals surface area contributed by atoms with E-state index in [-0.39, 0.29) is 30.9 Å². The van der Waals surface area contributed by atoms with E-state index in [0.29, 0.717) is 6.61 Å². The number of piperazine rings is 1. The van der Waals surface area contributed by atoms with Gasteiger partial charge in [-0.1, -0.05) is 55.1 Å². The van der Waals surface area contributed by atoms with E-state index >= 15 is 0 Å². The first-order chi connectivity index (χ1) is 15.2. The molecule has 2 atom stereocenters. The molecule has 0 spiro atoms. The summed E-state index contributed by atoms with van der Waals surface area (Å²) in [6, 6.07) is 18.2. The van der Waals surface area contributed by atoms with E-state index in [9.17, 15) is 5.11 Å². The van der Waals surface area contributed by atoms with Crippen LogP contribution < -0.4 is 4.74 Å². The number of benzene rings is 2. The van der Waals surface area contributed by atoms with Crippen LogP contribution >= 0.6 is 24.8 Å². The van der Waals surface area contributed by atoms with Gasteiger partial charge < -0.3 is 19.5 Å². The van der Waals surface area contributed by atoms with Crippen LogP contribution in [-0.2, 0) is 4.74 Å². The van der Waals surface area contributed by atoms with Crippen LogP contribution in [0.5, 0.6) is 5.75 Å². The fourth-order valence-electron chi connectivity index (χ4n) is 3.97. The van der Waals surface area contributed by atoms with E-state index in [1.807, 2.05) is 30.3 Å². The molecule has 33 heavy (non-hydrogen) atoms. The van der Waals surface area contributed by atoms with Gasteiger partial charge in [-0.05, 0) is 36.6 Å². The van der Waals surface area contributed by atoms with Crippen LogP contribution in [-0.4, -0.2) is 67.4 Å². The number of aliphatic hydroxyl groups excluding tert-OH is 1. The summed E-state index contributed by atoms with van der Waals surface area (Å²) in [5.41, 5.74) is 2.18. The predicted molar refractivity (Wildman–Crippen MR) is 140 cm³/mol. The Morgan fingerprint density at radius 3 is 2.18 bits per heavy atom. The Balaban J connectivity index is 0.00000272. The maximum atomic E-state index is 10.6. The molecule has 1 saturated heterocycles. The quantitative estimate of drug-likeness (QED) is 0.422. The molecule has 1 heterocycles. The second-order valence-electron chi connectivity index (χ2n) is 7.97. The van der Waals surface area contributed by atoms with E-state index in [0.717, 1.165) is 63.6 Å². The molecule has 1 aliphatic rings. The molecule has 1 N–H and O–H groups in total. The third kappa shape index (κ3) is 9.65. The molecule has 184 valence electrons. The average molecular weight is 498 g/mol. The zero-order valence-electron chi connectivity index (χ0n) is 19.5. The van der Waals surface area contributed by atoms with Gasteiger partial charge in [-0.25, -0.2) is 0 Å². The van der Waals surface area contributed by atoms with Gasteiger partial charge in [0.2, 0.25) is 0 Å². The molecule has 2 aromatic carbocycles. The fraction of sp³-hybridized carbons (Fsp3) is 0.462. The molecule has 5 nitrogen and oxygen atoms in total. The molecule has 1 fully saturated rings. The third-order valence-corrected chi connectivity index (χ3v) is 5.78. The number of aliphatic hydroxyl groups is 1. The highest BCUT2D eigenvalue weighted by Crippen LogP contribution is 2.22. The zero-order chi connectivity index (χ0) is 21.9. The van der Waals surface area contributed by atoms with E-state index in [1.54, 1.807) is 6.08 Å². The summed E-state index contributed by atoms with van der Waals surface area (Å²) in [7, 11) is 0. The van der Waals surface area contributed by atoms with Crippen molar-refractivity contribution < 1.29 is 14.6 Å². The molecule has 1 aliphatic heterocycles. The lowest BCUT2D eigenvalue weighted by atomic mass is 10.1. The van der Waals surface area contributed by atoms with Crippen molar-refractivity contribution in [3.8, 4) is 5.75 Å². The third-order valence-electron chi connectivity index (χ3n) is 5.78. The number of halogens is 2. The molecule has 0 saturated carbocycles. The summed E-state index contributed by atoms with van der Waals surface area (Å²) in [5, 5.41) is 10.6. The van der Waals surface area contributed by atoms with Crippen molar-refractivity contribution in [1.29, 1.82) is 0 Å². The van der Waals surface area contributed by atoms with Crippen LogP contribution in [0.15, 0.2) is 67.3 Å². The molecule has 0 amide bonds. The van der Waals surface area contributed by atoms with Gasteiger partial charge in [0.25, 0.3) is 0 Å². The predicted octanol–water partition coefficient (Wildman–Crippen LogP) is 4.91. The van der Waals surface area contributed by atoms with Crippen molar-refractivity contribution in [3.05, 3.63) is 78.4 Å². The van der Waals surface area contributed by atoms with Crippen LogP contribution in [0, 0.1) is 0 Å². The van der Waals surface area contributed by atoms with Gasteiger partial charge >= 0.3 is 0 Å². The number of hydrogen-bond acceptors (Lipinski definition) is 5. The van der Waals surface area contributed by atoms with E-state index in [2.05, 4.69) is 47.6 Å². The Morgan fingerprint density at radius 1 is 0.939 bits per heavy atom. The monoisotopic (exact) mass is 496 g/mol. The lowest BCUT2D eigenvalue weighted by Crippen LogP contribution is -2.48. The summed E-state index contributed by atoms with van der Waals surface area (Å²) < 4.78 is 11.5. The minimum Gasteiger partial charge on any atom is -0.490 e. The molecule has 2 aromatic rings. The lowest BCUT2D eigenvalue weighted by Gasteiger charge is -2.36. The first-order valence-electron chi connectivity index (χ1n) is 11.3. The van der Waals surface area contributed by atoms with Gasteiger partial charge in [0.15, 0.2) is 0 Å². The van der Waals surface area contributed by atoms with Gasteiger partial charge in [-0.2, -0.15) is 0 Å².